The predicted molar refractivity (Wildman–Crippen MR) is 87.5 cm³/mol. The monoisotopic (exact) mass is 276 g/mol. The minimum Gasteiger partial charge on any atom is -0.357 e. The lowest BCUT2D eigenvalue weighted by Gasteiger charge is -2.27. The molecule has 2 aromatic carbocycles. The van der Waals surface area contributed by atoms with E-state index in [4.69, 9.17) is 5.73 Å². The maximum absolute atomic E-state index is 6.44. The summed E-state index contributed by atoms with van der Waals surface area (Å²) in [7, 11) is 0. The van der Waals surface area contributed by atoms with Gasteiger partial charge < -0.3 is 10.7 Å². The summed E-state index contributed by atoms with van der Waals surface area (Å²) in [5.74, 6) is 0.521. The van der Waals surface area contributed by atoms with Crippen molar-refractivity contribution in [1.29, 1.82) is 0 Å². The van der Waals surface area contributed by atoms with Gasteiger partial charge in [0.25, 0.3) is 0 Å². The van der Waals surface area contributed by atoms with Crippen LogP contribution in [-0.4, -0.2) is 4.98 Å². The third-order valence-electron chi connectivity index (χ3n) is 4.73. The summed E-state index contributed by atoms with van der Waals surface area (Å²) in [6.45, 7) is 2.15. The van der Waals surface area contributed by atoms with Gasteiger partial charge in [-0.2, -0.15) is 0 Å². The van der Waals surface area contributed by atoms with Gasteiger partial charge in [0.2, 0.25) is 0 Å². The lowest BCUT2D eigenvalue weighted by molar-refractivity contribution is 0.498. The van der Waals surface area contributed by atoms with Crippen LogP contribution in [0.1, 0.15) is 40.8 Å². The molecule has 2 heteroatoms. The van der Waals surface area contributed by atoms with Crippen molar-refractivity contribution < 1.29 is 0 Å². The van der Waals surface area contributed by atoms with Crippen molar-refractivity contribution in [2.75, 3.05) is 0 Å². The molecule has 0 saturated carbocycles. The first-order chi connectivity index (χ1) is 10.2. The van der Waals surface area contributed by atoms with E-state index in [1.165, 1.54) is 33.3 Å². The van der Waals surface area contributed by atoms with Crippen LogP contribution in [0.25, 0.3) is 10.9 Å². The minimum absolute atomic E-state index is 0.103. The van der Waals surface area contributed by atoms with Crippen LogP contribution in [-0.2, 0) is 6.42 Å². The summed E-state index contributed by atoms with van der Waals surface area (Å²) < 4.78 is 0. The van der Waals surface area contributed by atoms with Gasteiger partial charge in [-0.3, -0.25) is 0 Å². The normalized spacial score (nSPS) is 21.4. The number of aryl methyl sites for hydroxylation is 1. The number of rotatable bonds is 1. The maximum atomic E-state index is 6.44. The molecular weight excluding hydrogens is 256 g/mol. The Balaban J connectivity index is 1.83. The van der Waals surface area contributed by atoms with Crippen molar-refractivity contribution in [2.45, 2.75) is 31.7 Å². The lowest BCUT2D eigenvalue weighted by Crippen LogP contribution is -2.22. The van der Waals surface area contributed by atoms with E-state index in [2.05, 4.69) is 60.4 Å². The van der Waals surface area contributed by atoms with E-state index in [-0.39, 0.29) is 6.04 Å². The van der Waals surface area contributed by atoms with Gasteiger partial charge in [0, 0.05) is 22.6 Å². The molecule has 3 N–H and O–H groups in total. The van der Waals surface area contributed by atoms with Crippen LogP contribution in [0, 0.1) is 6.92 Å². The molecule has 1 aliphatic carbocycles. The van der Waals surface area contributed by atoms with Crippen LogP contribution < -0.4 is 5.73 Å². The molecular formula is C19H20N2. The smallest absolute Gasteiger partial charge is 0.0459 e. The van der Waals surface area contributed by atoms with Gasteiger partial charge in [0.15, 0.2) is 0 Å². The fourth-order valence-corrected chi connectivity index (χ4v) is 3.65. The third kappa shape index (κ3) is 2.07. The number of aromatic nitrogens is 1. The number of hydrogen-bond acceptors (Lipinski definition) is 1. The SMILES string of the molecule is Cc1ccc2[nH]c3c(c2c1)CC(c1ccccc1)CC3N. The fourth-order valence-electron chi connectivity index (χ4n) is 3.65. The molecule has 1 aliphatic rings. The van der Waals surface area contributed by atoms with Gasteiger partial charge in [-0.05, 0) is 48.9 Å². The molecule has 0 bridgehead atoms. The maximum Gasteiger partial charge on any atom is 0.0459 e. The Labute approximate surface area is 125 Å². The number of benzene rings is 2. The topological polar surface area (TPSA) is 41.8 Å². The first-order valence-corrected chi connectivity index (χ1v) is 7.64. The second-order valence-corrected chi connectivity index (χ2v) is 6.22. The van der Waals surface area contributed by atoms with Crippen molar-refractivity contribution in [3.8, 4) is 0 Å². The number of nitrogens with one attached hydrogen (secondary N) is 1. The summed E-state index contributed by atoms with van der Waals surface area (Å²) in [5, 5.41) is 1.35. The van der Waals surface area contributed by atoms with Crippen LogP contribution in [0.5, 0.6) is 0 Å². The zero-order chi connectivity index (χ0) is 14.4. The summed E-state index contributed by atoms with van der Waals surface area (Å²) in [6.07, 6.45) is 2.10. The zero-order valence-electron chi connectivity index (χ0n) is 12.3. The van der Waals surface area contributed by atoms with E-state index in [0.29, 0.717) is 5.92 Å². The minimum atomic E-state index is 0.103. The number of fused-ring (bicyclic) bond motifs is 3. The zero-order valence-corrected chi connectivity index (χ0v) is 12.3. The van der Waals surface area contributed by atoms with Crippen molar-refractivity contribution in [2.24, 2.45) is 5.73 Å². The summed E-state index contributed by atoms with van der Waals surface area (Å²) >= 11 is 0. The van der Waals surface area contributed by atoms with Crippen LogP contribution in [0.15, 0.2) is 48.5 Å². The molecule has 0 spiro atoms. The second-order valence-electron chi connectivity index (χ2n) is 6.22. The molecule has 0 amide bonds. The van der Waals surface area contributed by atoms with Gasteiger partial charge in [-0.1, -0.05) is 42.0 Å². The Bertz CT molecular complexity index is 786. The van der Waals surface area contributed by atoms with Crippen molar-refractivity contribution >= 4 is 10.9 Å². The predicted octanol–water partition coefficient (Wildman–Crippen LogP) is 4.21. The molecule has 21 heavy (non-hydrogen) atoms. The van der Waals surface area contributed by atoms with E-state index in [9.17, 15) is 0 Å². The lowest BCUT2D eigenvalue weighted by atomic mass is 9.80. The molecule has 1 heterocycles. The van der Waals surface area contributed by atoms with E-state index >= 15 is 0 Å². The standard InChI is InChI=1S/C19H20N2/c1-12-7-8-18-15(9-12)16-10-14(11-17(20)19(16)21-18)13-5-3-2-4-6-13/h2-9,14,17,21H,10-11,20H2,1H3. The largest absolute Gasteiger partial charge is 0.357 e. The molecule has 0 fully saturated rings. The number of H-pyrrole nitrogens is 1. The van der Waals surface area contributed by atoms with E-state index < -0.39 is 0 Å². The third-order valence-corrected chi connectivity index (χ3v) is 4.73. The molecule has 2 unspecified atom stereocenters. The van der Waals surface area contributed by atoms with Gasteiger partial charge >= 0.3 is 0 Å². The Morgan fingerprint density at radius 1 is 1.10 bits per heavy atom. The molecule has 3 aromatic rings. The van der Waals surface area contributed by atoms with E-state index in [1.807, 2.05) is 0 Å². The fraction of sp³-hybridized carbons (Fsp3) is 0.263. The van der Waals surface area contributed by atoms with Crippen molar-refractivity contribution in [1.82, 2.24) is 4.98 Å². The van der Waals surface area contributed by atoms with Gasteiger partial charge in [0.1, 0.15) is 0 Å². The summed E-state index contributed by atoms with van der Waals surface area (Å²) in [5.41, 5.74) is 13.0. The van der Waals surface area contributed by atoms with Gasteiger partial charge in [-0.15, -0.1) is 0 Å². The molecule has 0 radical (unpaired) electrons. The molecule has 1 aromatic heterocycles. The average molecular weight is 276 g/mol. The second kappa shape index (κ2) is 4.74. The Morgan fingerprint density at radius 3 is 2.71 bits per heavy atom. The highest BCUT2D eigenvalue weighted by Gasteiger charge is 2.28. The first-order valence-electron chi connectivity index (χ1n) is 7.64. The number of nitrogens with two attached hydrogens (primary N) is 1. The van der Waals surface area contributed by atoms with Crippen molar-refractivity contribution in [3.63, 3.8) is 0 Å². The number of hydrogen-bond donors (Lipinski definition) is 2. The summed E-state index contributed by atoms with van der Waals surface area (Å²) in [4.78, 5) is 3.54. The van der Waals surface area contributed by atoms with Gasteiger partial charge in [-0.25, -0.2) is 0 Å². The van der Waals surface area contributed by atoms with Gasteiger partial charge in [0.05, 0.1) is 0 Å². The Hall–Kier alpha value is -2.06. The number of aromatic amines is 1. The molecule has 2 nitrogen and oxygen atoms in total. The quantitative estimate of drug-likeness (QED) is 0.687. The van der Waals surface area contributed by atoms with Crippen LogP contribution in [0.2, 0.25) is 0 Å². The Morgan fingerprint density at radius 2 is 1.90 bits per heavy atom. The van der Waals surface area contributed by atoms with Crippen LogP contribution in [0.3, 0.4) is 0 Å². The highest BCUT2D eigenvalue weighted by molar-refractivity contribution is 5.86. The molecule has 2 atom stereocenters. The van der Waals surface area contributed by atoms with Crippen molar-refractivity contribution in [3.05, 3.63) is 70.9 Å². The highest BCUT2D eigenvalue weighted by atomic mass is 14.8. The van der Waals surface area contributed by atoms with Crippen LogP contribution >= 0.6 is 0 Å². The van der Waals surface area contributed by atoms with Crippen LogP contribution in [0.4, 0.5) is 0 Å². The molecule has 0 aliphatic heterocycles. The highest BCUT2D eigenvalue weighted by Crippen LogP contribution is 2.40. The van der Waals surface area contributed by atoms with E-state index in [1.54, 1.807) is 0 Å². The first kappa shape index (κ1) is 12.7. The average Bonchev–Trinajstić information content (AvgIpc) is 2.87. The Kier molecular flexibility index (Phi) is 2.86. The van der Waals surface area contributed by atoms with E-state index in [0.717, 1.165) is 12.8 Å². The molecule has 0 saturated heterocycles. The summed E-state index contributed by atoms with van der Waals surface area (Å²) in [6, 6.07) is 17.5. The molecule has 4 rings (SSSR count). The molecule has 106 valence electrons.